The summed E-state index contributed by atoms with van der Waals surface area (Å²) in [5.74, 6) is 0.0989. The van der Waals surface area contributed by atoms with Crippen LogP contribution in [0.4, 0.5) is 9.18 Å². The summed E-state index contributed by atoms with van der Waals surface area (Å²) in [7, 11) is 1.51. The number of ether oxygens (including phenoxy) is 1. The number of alkyl carbamates (subject to hydrolysis) is 1. The maximum atomic E-state index is 13.7. The number of carbonyl (C=O) groups is 2. The van der Waals surface area contributed by atoms with Crippen molar-refractivity contribution in [2.45, 2.75) is 62.6 Å². The van der Waals surface area contributed by atoms with Crippen molar-refractivity contribution in [2.24, 2.45) is 11.8 Å². The van der Waals surface area contributed by atoms with E-state index in [2.05, 4.69) is 5.32 Å². The number of nitrogens with zero attached hydrogens (tertiary/aromatic N) is 1. The van der Waals surface area contributed by atoms with Gasteiger partial charge in [0.15, 0.2) is 0 Å². The first-order valence-corrected chi connectivity index (χ1v) is 10.9. The van der Waals surface area contributed by atoms with Crippen molar-refractivity contribution in [1.29, 1.82) is 0 Å². The zero-order chi connectivity index (χ0) is 21.5. The van der Waals surface area contributed by atoms with Crippen LogP contribution in [0.1, 0.15) is 51.0 Å². The van der Waals surface area contributed by atoms with Gasteiger partial charge in [-0.05, 0) is 62.1 Å². The lowest BCUT2D eigenvalue weighted by molar-refractivity contribution is -0.149. The van der Waals surface area contributed by atoms with Crippen LogP contribution in [0.3, 0.4) is 0 Å². The first-order chi connectivity index (χ1) is 14.2. The molecule has 30 heavy (non-hydrogen) atoms. The van der Waals surface area contributed by atoms with Crippen LogP contribution in [0.2, 0.25) is 0 Å². The number of rotatable bonds is 4. The van der Waals surface area contributed by atoms with E-state index in [-0.39, 0.29) is 29.7 Å². The van der Waals surface area contributed by atoms with E-state index in [9.17, 15) is 19.1 Å². The molecule has 4 rings (SSSR count). The molecule has 2 N–H and O–H groups in total. The molecule has 0 aromatic heterocycles. The molecule has 0 radical (unpaired) electrons. The van der Waals surface area contributed by atoms with Crippen LogP contribution in [0.5, 0.6) is 0 Å². The minimum absolute atomic E-state index is 0.0366. The fraction of sp³-hybridized carbons (Fsp3) is 0.652. The molecule has 1 aromatic rings. The molecule has 1 aliphatic heterocycles. The number of hydrogen-bond donors (Lipinski definition) is 2. The molecule has 1 heterocycles. The number of carbonyl (C=O) groups excluding carboxylic acids is 2. The fourth-order valence-electron chi connectivity index (χ4n) is 6.08. The second-order valence-electron chi connectivity index (χ2n) is 9.53. The predicted molar refractivity (Wildman–Crippen MR) is 109 cm³/mol. The third-order valence-corrected chi connectivity index (χ3v) is 7.44. The molecule has 1 saturated heterocycles. The number of likely N-dealkylation sites (tertiary alicyclic amines) is 1. The molecule has 6 nitrogen and oxygen atoms in total. The molecule has 2 aliphatic carbocycles. The average Bonchev–Trinajstić information content (AvgIpc) is 2.65. The van der Waals surface area contributed by atoms with E-state index >= 15 is 0 Å². The third-order valence-electron chi connectivity index (χ3n) is 7.44. The van der Waals surface area contributed by atoms with Gasteiger partial charge in [0.2, 0.25) is 5.91 Å². The molecule has 164 valence electrons. The highest BCUT2D eigenvalue weighted by atomic mass is 19.1. The van der Waals surface area contributed by atoms with E-state index in [1.165, 1.54) is 19.2 Å². The average molecular weight is 419 g/mol. The van der Waals surface area contributed by atoms with E-state index in [4.69, 9.17) is 4.74 Å². The first kappa shape index (κ1) is 21.1. The summed E-state index contributed by atoms with van der Waals surface area (Å²) in [5, 5.41) is 13.3. The van der Waals surface area contributed by atoms with Crippen LogP contribution in [0.25, 0.3) is 0 Å². The smallest absolute Gasteiger partial charge is 0.407 e. The van der Waals surface area contributed by atoms with E-state index in [0.29, 0.717) is 32.4 Å². The molecule has 3 aliphatic rings. The quantitative estimate of drug-likeness (QED) is 0.788. The molecule has 2 unspecified atom stereocenters. The minimum Gasteiger partial charge on any atom is -0.442 e. The number of halogens is 1. The molecule has 2 saturated carbocycles. The predicted octanol–water partition coefficient (Wildman–Crippen LogP) is 2.98. The summed E-state index contributed by atoms with van der Waals surface area (Å²) in [6.07, 6.45) is 3.89. The van der Waals surface area contributed by atoms with Gasteiger partial charge < -0.3 is 20.1 Å². The Morgan fingerprint density at radius 3 is 2.37 bits per heavy atom. The number of hydrogen-bond acceptors (Lipinski definition) is 4. The highest BCUT2D eigenvalue weighted by Gasteiger charge is 2.56. The molecule has 2 bridgehead atoms. The maximum absolute atomic E-state index is 13.7. The highest BCUT2D eigenvalue weighted by Crippen LogP contribution is 2.58. The van der Waals surface area contributed by atoms with Crippen molar-refractivity contribution in [3.63, 3.8) is 0 Å². The second kappa shape index (κ2) is 7.84. The van der Waals surface area contributed by atoms with Crippen molar-refractivity contribution in [3.05, 3.63) is 35.6 Å². The van der Waals surface area contributed by atoms with Crippen LogP contribution >= 0.6 is 0 Å². The Kier molecular flexibility index (Phi) is 5.51. The lowest BCUT2D eigenvalue weighted by atomic mass is 9.48. The molecular weight excluding hydrogens is 387 g/mol. The Bertz CT molecular complexity index is 788. The molecule has 2 atom stereocenters. The van der Waals surface area contributed by atoms with E-state index in [0.717, 1.165) is 24.8 Å². The van der Waals surface area contributed by atoms with Gasteiger partial charge in [0.25, 0.3) is 0 Å². The van der Waals surface area contributed by atoms with Crippen LogP contribution in [0.15, 0.2) is 24.3 Å². The van der Waals surface area contributed by atoms with E-state index in [1.807, 2.05) is 19.1 Å². The Morgan fingerprint density at radius 2 is 1.80 bits per heavy atom. The molecule has 3 fully saturated rings. The number of amides is 2. The second-order valence-corrected chi connectivity index (χ2v) is 9.53. The van der Waals surface area contributed by atoms with Crippen LogP contribution in [-0.2, 0) is 14.9 Å². The SMILES string of the molecule is CNC(=O)OC1CN(C(=O)CC2(c3ccc(F)cc3)C3CCCC2CC(C)(O)C3)C1. The van der Waals surface area contributed by atoms with Crippen molar-refractivity contribution in [3.8, 4) is 0 Å². The number of benzene rings is 1. The number of nitrogens with one attached hydrogen (secondary N) is 1. The minimum atomic E-state index is -0.731. The Balaban J connectivity index is 1.58. The monoisotopic (exact) mass is 418 g/mol. The Hall–Kier alpha value is -2.15. The highest BCUT2D eigenvalue weighted by molar-refractivity contribution is 5.79. The molecule has 7 heteroatoms. The lowest BCUT2D eigenvalue weighted by Gasteiger charge is -2.57. The van der Waals surface area contributed by atoms with Gasteiger partial charge in [-0.25, -0.2) is 9.18 Å². The zero-order valence-electron chi connectivity index (χ0n) is 17.7. The molecule has 2 amide bonds. The largest absolute Gasteiger partial charge is 0.442 e. The van der Waals surface area contributed by atoms with Gasteiger partial charge in [0.05, 0.1) is 18.7 Å². The first-order valence-electron chi connectivity index (χ1n) is 10.9. The van der Waals surface area contributed by atoms with Gasteiger partial charge in [-0.1, -0.05) is 18.6 Å². The Morgan fingerprint density at radius 1 is 1.20 bits per heavy atom. The van der Waals surface area contributed by atoms with Crippen LogP contribution < -0.4 is 5.32 Å². The topological polar surface area (TPSA) is 78.9 Å². The normalized spacial score (nSPS) is 33.5. The fourth-order valence-corrected chi connectivity index (χ4v) is 6.08. The summed E-state index contributed by atoms with van der Waals surface area (Å²) in [5.41, 5.74) is -0.120. The van der Waals surface area contributed by atoms with Gasteiger partial charge in [0.1, 0.15) is 11.9 Å². The van der Waals surface area contributed by atoms with Crippen LogP contribution in [-0.4, -0.2) is 53.8 Å². The molecular formula is C23H31FN2O4. The summed E-state index contributed by atoms with van der Waals surface area (Å²) in [6, 6.07) is 6.59. The van der Waals surface area contributed by atoms with Crippen molar-refractivity contribution >= 4 is 12.0 Å². The summed E-state index contributed by atoms with van der Waals surface area (Å²) in [4.78, 5) is 26.4. The number of aliphatic hydroxyl groups is 1. The maximum Gasteiger partial charge on any atom is 0.407 e. The Labute approximate surface area is 176 Å². The van der Waals surface area contributed by atoms with Gasteiger partial charge in [-0.3, -0.25) is 4.79 Å². The van der Waals surface area contributed by atoms with Crippen molar-refractivity contribution in [1.82, 2.24) is 10.2 Å². The zero-order valence-corrected chi connectivity index (χ0v) is 17.7. The van der Waals surface area contributed by atoms with Crippen LogP contribution in [0, 0.1) is 17.7 Å². The van der Waals surface area contributed by atoms with Gasteiger partial charge in [-0.15, -0.1) is 0 Å². The summed E-state index contributed by atoms with van der Waals surface area (Å²) < 4.78 is 18.9. The standard InChI is InChI=1S/C23H31FN2O4/c1-22(29)10-16-4-3-5-17(11-22)23(16,15-6-8-18(24)9-7-15)12-20(27)26-13-19(14-26)30-21(28)25-2/h6-9,16-17,19,29H,3-5,10-14H2,1-2H3,(H,25,28). The van der Waals surface area contributed by atoms with E-state index < -0.39 is 17.1 Å². The third kappa shape index (κ3) is 3.80. The number of fused-ring (bicyclic) bond motifs is 2. The summed E-state index contributed by atoms with van der Waals surface area (Å²) in [6.45, 7) is 2.70. The molecule has 1 aromatic carbocycles. The lowest BCUT2D eigenvalue weighted by Crippen LogP contribution is -2.60. The summed E-state index contributed by atoms with van der Waals surface area (Å²) >= 11 is 0. The van der Waals surface area contributed by atoms with Gasteiger partial charge in [0, 0.05) is 18.9 Å². The molecule has 0 spiro atoms. The van der Waals surface area contributed by atoms with Gasteiger partial charge in [-0.2, -0.15) is 0 Å². The van der Waals surface area contributed by atoms with E-state index in [1.54, 1.807) is 4.90 Å². The van der Waals surface area contributed by atoms with Crippen molar-refractivity contribution < 1.29 is 23.8 Å². The van der Waals surface area contributed by atoms with Gasteiger partial charge >= 0.3 is 6.09 Å². The van der Waals surface area contributed by atoms with Crippen molar-refractivity contribution in [2.75, 3.05) is 20.1 Å².